The lowest BCUT2D eigenvalue weighted by Crippen LogP contribution is -2.85. The van der Waals surface area contributed by atoms with Crippen molar-refractivity contribution in [2.45, 2.75) is 141 Å². The van der Waals surface area contributed by atoms with E-state index < -0.39 is 118 Å². The number of nitrogens with one attached hydrogen (secondary N) is 1. The molecule has 16 heteroatoms. The molecule has 0 spiro atoms. The van der Waals surface area contributed by atoms with Gasteiger partial charge in [0.2, 0.25) is 12.0 Å². The van der Waals surface area contributed by atoms with Gasteiger partial charge in [0.1, 0.15) is 41.2 Å². The molecule has 3 fully saturated rings. The summed E-state index contributed by atoms with van der Waals surface area (Å²) in [7, 11) is 0. The summed E-state index contributed by atoms with van der Waals surface area (Å²) in [5.74, 6) is -6.16. The van der Waals surface area contributed by atoms with Crippen LogP contribution in [0.4, 0.5) is 4.79 Å². The maximum Gasteiger partial charge on any atom is 0.509 e. The number of esters is 3. The van der Waals surface area contributed by atoms with Gasteiger partial charge < -0.3 is 49.1 Å². The first-order valence-electron chi connectivity index (χ1n) is 23.3. The number of amides is 1. The number of hydrogen-bond acceptors (Lipinski definition) is 15. The Kier molecular flexibility index (Phi) is 13.9. The van der Waals surface area contributed by atoms with Crippen molar-refractivity contribution in [3.63, 3.8) is 0 Å². The Labute approximate surface area is 407 Å². The van der Waals surface area contributed by atoms with Crippen LogP contribution >= 0.6 is 0 Å². The van der Waals surface area contributed by atoms with Crippen LogP contribution in [0.25, 0.3) is 6.08 Å². The highest BCUT2D eigenvalue weighted by Crippen LogP contribution is 2.66. The van der Waals surface area contributed by atoms with Crippen molar-refractivity contribution < 1.29 is 72.5 Å². The Morgan fingerprint density at radius 2 is 1.43 bits per heavy atom. The predicted molar refractivity (Wildman–Crippen MR) is 252 cm³/mol. The Hall–Kier alpha value is -6.20. The summed E-state index contributed by atoms with van der Waals surface area (Å²) in [6, 6.07) is 23.7. The van der Waals surface area contributed by atoms with Gasteiger partial charge in [-0.15, -0.1) is 0 Å². The molecule has 1 saturated heterocycles. The fourth-order valence-electron chi connectivity index (χ4n) is 11.0. The molecule has 11 atom stereocenters. The number of ketones is 1. The Morgan fingerprint density at radius 3 is 1.99 bits per heavy atom. The lowest BCUT2D eigenvalue weighted by Gasteiger charge is -2.70. The third kappa shape index (κ3) is 9.06. The monoisotopic (exact) mass is 965 g/mol. The average Bonchev–Trinajstić information content (AvgIpc) is 3.29. The highest BCUT2D eigenvalue weighted by atomic mass is 16.7. The zero-order chi connectivity index (χ0) is 51.4. The van der Waals surface area contributed by atoms with E-state index in [-0.39, 0.29) is 35.3 Å². The molecule has 16 nitrogen and oxygen atoms in total. The maximum absolute atomic E-state index is 15.3. The van der Waals surface area contributed by atoms with E-state index in [0.717, 1.165) is 12.5 Å². The van der Waals surface area contributed by atoms with Crippen molar-refractivity contribution in [2.24, 2.45) is 16.7 Å². The van der Waals surface area contributed by atoms with Crippen molar-refractivity contribution in [3.05, 3.63) is 124 Å². The molecule has 4 aliphatic rings. The predicted octanol–water partition coefficient (Wildman–Crippen LogP) is 6.30. The third-order valence-electron chi connectivity index (χ3n) is 14.9. The average molecular weight is 966 g/mol. The standard InChI is InChI=1S/C54H63NO15/c1-30(26-33-20-14-11-15-21-33)45(60)55-39(34-22-16-12-17-23-34)41(67-48(63)70-49(4,5)6)47(62)66-36-27-53(64)44(68-46(61)35-24-18-13-19-25-35)42-52(10,43(59)40(58)38(31(36)2)50(53,7)8)37(57)28-51(9)54(42,29-65-51)69-32(3)56/h11-26,36-37,39-42,44,57-58,64H,27-29H2,1-10H3,(H,55,60)/b30-26+/t36-,37-,39-,40+,41+,42-,44-,51+,52+,53?,54+/m0/s1. The lowest BCUT2D eigenvalue weighted by molar-refractivity contribution is -0.383. The van der Waals surface area contributed by atoms with Gasteiger partial charge in [0.05, 0.1) is 29.6 Å². The van der Waals surface area contributed by atoms with Crippen LogP contribution in [0.5, 0.6) is 0 Å². The van der Waals surface area contributed by atoms with E-state index in [1.54, 1.807) is 127 Å². The summed E-state index contributed by atoms with van der Waals surface area (Å²) in [6.07, 6.45) is -9.59. The minimum atomic E-state index is -2.44. The van der Waals surface area contributed by atoms with Gasteiger partial charge in [0.15, 0.2) is 11.4 Å². The molecule has 1 aliphatic heterocycles. The molecule has 2 bridgehead atoms. The first-order valence-corrected chi connectivity index (χ1v) is 23.3. The number of aliphatic hydroxyl groups excluding tert-OH is 2. The molecule has 3 aromatic carbocycles. The normalized spacial score (nSPS) is 31.1. The van der Waals surface area contributed by atoms with Crippen LogP contribution in [0.1, 0.15) is 110 Å². The smallest absolute Gasteiger partial charge is 0.455 e. The molecule has 1 amide bonds. The molecule has 3 aromatic rings. The minimum absolute atomic E-state index is 0.0558. The largest absolute Gasteiger partial charge is 0.509 e. The van der Waals surface area contributed by atoms with Crippen LogP contribution in [-0.4, -0.2) is 111 Å². The van der Waals surface area contributed by atoms with E-state index in [2.05, 4.69) is 5.32 Å². The lowest BCUT2D eigenvalue weighted by atomic mass is 9.42. The Balaban J connectivity index is 1.39. The molecular formula is C54H63NO15. The van der Waals surface area contributed by atoms with E-state index >= 15 is 9.59 Å². The van der Waals surface area contributed by atoms with Crippen molar-refractivity contribution in [2.75, 3.05) is 6.61 Å². The summed E-state index contributed by atoms with van der Waals surface area (Å²) in [5.41, 5.74) is -9.31. The first-order chi connectivity index (χ1) is 32.7. The van der Waals surface area contributed by atoms with Crippen molar-refractivity contribution in [3.8, 4) is 0 Å². The molecule has 4 N–H and O–H groups in total. The Bertz CT molecular complexity index is 2590. The molecule has 1 heterocycles. The highest BCUT2D eigenvalue weighted by molar-refractivity contribution is 5.98. The fraction of sp³-hybridized carbons (Fsp3) is 0.481. The summed E-state index contributed by atoms with van der Waals surface area (Å²) in [4.78, 5) is 85.8. The quantitative estimate of drug-likeness (QED) is 0.0715. The molecular weight excluding hydrogens is 903 g/mol. The number of carbonyl (C=O) groups is 6. The van der Waals surface area contributed by atoms with Gasteiger partial charge >= 0.3 is 24.1 Å². The second-order valence-corrected chi connectivity index (χ2v) is 20.8. The number of ether oxygens (including phenoxy) is 6. The third-order valence-corrected chi connectivity index (χ3v) is 14.9. The number of fused-ring (bicyclic) bond motifs is 5. The van der Waals surface area contributed by atoms with E-state index in [9.17, 15) is 34.5 Å². The highest BCUT2D eigenvalue weighted by Gasteiger charge is 2.81. The Morgan fingerprint density at radius 1 is 0.843 bits per heavy atom. The summed E-state index contributed by atoms with van der Waals surface area (Å²) < 4.78 is 36.4. The number of aliphatic hydroxyl groups is 3. The number of carbonyl (C=O) groups excluding carboxylic acids is 6. The van der Waals surface area contributed by atoms with Crippen molar-refractivity contribution in [1.29, 1.82) is 0 Å². The van der Waals surface area contributed by atoms with E-state index in [1.165, 1.54) is 26.0 Å². The van der Waals surface area contributed by atoms with Gasteiger partial charge in [-0.3, -0.25) is 14.4 Å². The first kappa shape index (κ1) is 51.6. The van der Waals surface area contributed by atoms with E-state index in [4.69, 9.17) is 28.4 Å². The second kappa shape index (κ2) is 18.9. The van der Waals surface area contributed by atoms with E-state index in [0.29, 0.717) is 5.56 Å². The maximum atomic E-state index is 15.3. The van der Waals surface area contributed by atoms with Crippen LogP contribution in [0.2, 0.25) is 0 Å². The molecule has 0 aromatic heterocycles. The SMILES string of the molecule is CC(=O)O[C@@]12CO[C@]1(C)C[C@H](O)[C@@]1(C)C(=O)[C@H](O)C3=C(C)[C@@H](OC(=O)[C@H](OC(=O)OC(C)(C)C)[C@@H](NC(=O)/C(C)=C/c4ccccc4)c4ccccc4)CC(O)([C@@H](OC(=O)c4ccccc4)[C@@H]12)C3(C)C. The van der Waals surface area contributed by atoms with Crippen LogP contribution in [-0.2, 0) is 47.6 Å². The van der Waals surface area contributed by atoms with E-state index in [1.807, 2.05) is 6.07 Å². The topological polar surface area (TPSA) is 231 Å². The molecule has 2 saturated carbocycles. The minimum Gasteiger partial charge on any atom is -0.455 e. The van der Waals surface area contributed by atoms with Crippen LogP contribution in [0.15, 0.2) is 108 Å². The zero-order valence-electron chi connectivity index (χ0n) is 41.1. The molecule has 3 aliphatic carbocycles. The van der Waals surface area contributed by atoms with Gasteiger partial charge in [-0.05, 0) is 88.9 Å². The summed E-state index contributed by atoms with van der Waals surface area (Å²) >= 11 is 0. The number of benzene rings is 3. The van der Waals surface area contributed by atoms with Gasteiger partial charge in [-0.25, -0.2) is 14.4 Å². The fourth-order valence-corrected chi connectivity index (χ4v) is 11.0. The summed E-state index contributed by atoms with van der Waals surface area (Å²) in [6.45, 7) is 14.7. The molecule has 374 valence electrons. The van der Waals surface area contributed by atoms with Crippen molar-refractivity contribution in [1.82, 2.24) is 5.32 Å². The molecule has 70 heavy (non-hydrogen) atoms. The molecule has 1 unspecified atom stereocenters. The van der Waals surface area contributed by atoms with Crippen LogP contribution in [0, 0.1) is 16.7 Å². The number of rotatable bonds is 11. The number of hydrogen-bond donors (Lipinski definition) is 4. The zero-order valence-corrected chi connectivity index (χ0v) is 41.1. The van der Waals surface area contributed by atoms with Gasteiger partial charge in [-0.1, -0.05) is 92.7 Å². The van der Waals surface area contributed by atoms with Crippen LogP contribution in [0.3, 0.4) is 0 Å². The number of Topliss-reactive ketones (excluding diaryl/α,β-unsaturated/α-hetero) is 1. The van der Waals surface area contributed by atoms with Crippen LogP contribution < -0.4 is 5.32 Å². The van der Waals surface area contributed by atoms with Gasteiger partial charge in [0, 0.05) is 30.8 Å². The molecule has 0 radical (unpaired) electrons. The van der Waals surface area contributed by atoms with Gasteiger partial charge in [-0.2, -0.15) is 0 Å². The molecule has 7 rings (SSSR count). The van der Waals surface area contributed by atoms with Gasteiger partial charge in [0.25, 0.3) is 0 Å². The second-order valence-electron chi connectivity index (χ2n) is 20.8. The summed E-state index contributed by atoms with van der Waals surface area (Å²) in [5, 5.41) is 41.4. The van der Waals surface area contributed by atoms with Crippen molar-refractivity contribution >= 4 is 41.8 Å².